The predicted molar refractivity (Wildman–Crippen MR) is 329 cm³/mol. The quantitative estimate of drug-likeness (QED) is 0.167. The van der Waals surface area contributed by atoms with E-state index in [0.717, 1.165) is 77.9 Å². The molecule has 0 amide bonds. The minimum atomic E-state index is -4.44. The van der Waals surface area contributed by atoms with Crippen molar-refractivity contribution in [2.45, 2.75) is 247 Å². The molecule has 0 heterocycles. The lowest BCUT2D eigenvalue weighted by Gasteiger charge is -2.36. The molecule has 3 heteroatoms. The molecule has 2 nitrogen and oxygen atoms in total. The molecule has 0 fully saturated rings. The Kier molecular flexibility index (Phi) is 15.3. The van der Waals surface area contributed by atoms with E-state index in [1.54, 1.807) is 0 Å². The minimum absolute atomic E-state index is 0.274. The lowest BCUT2D eigenvalue weighted by Crippen LogP contribution is -2.23. The van der Waals surface area contributed by atoms with Crippen LogP contribution in [0.4, 0.5) is 0 Å². The molecule has 0 saturated heterocycles. The molecular weight excluding hydrogens is 929 g/mol. The number of hydrogen-bond acceptors (Lipinski definition) is 2. The summed E-state index contributed by atoms with van der Waals surface area (Å²) in [6.07, 6.45) is 0. The summed E-state index contributed by atoms with van der Waals surface area (Å²) < 4.78 is 35.2. The molecule has 75 heavy (non-hydrogen) atoms. The summed E-state index contributed by atoms with van der Waals surface area (Å²) in [4.78, 5) is 0.660. The molecule has 0 bridgehead atoms. The average molecular weight is 1030 g/mol. The van der Waals surface area contributed by atoms with Gasteiger partial charge in [-0.05, 0) is 161 Å². The van der Waals surface area contributed by atoms with Crippen LogP contribution in [-0.4, -0.2) is 8.42 Å². The SMILES string of the molecule is Cc1cc(C(C)(C)C)c(-c2cccc(S(=O)(=O)c3cccc(-c4c(C(C)(C)C)cc(C)cc4C(C)(C)C)c3-c3c(C(C)(C)C)cc(C)cc3C(C)(C)C)c2-c2c(C(C)(C)C)cc(C)cc2C(C)(C)C)c(C(C)(C)C)c1. The Morgan fingerprint density at radius 1 is 0.253 bits per heavy atom. The molecule has 0 aliphatic carbocycles. The van der Waals surface area contributed by atoms with Gasteiger partial charge in [-0.15, -0.1) is 0 Å². The Morgan fingerprint density at radius 2 is 0.427 bits per heavy atom. The van der Waals surface area contributed by atoms with Gasteiger partial charge in [0.2, 0.25) is 9.84 Å². The van der Waals surface area contributed by atoms with Crippen LogP contribution < -0.4 is 0 Å². The van der Waals surface area contributed by atoms with Crippen LogP contribution in [-0.2, 0) is 53.2 Å². The van der Waals surface area contributed by atoms with E-state index in [0.29, 0.717) is 9.79 Å². The van der Waals surface area contributed by atoms with E-state index in [1.165, 1.54) is 33.4 Å². The summed E-state index contributed by atoms with van der Waals surface area (Å²) in [5, 5.41) is 0. The van der Waals surface area contributed by atoms with E-state index in [9.17, 15) is 0 Å². The van der Waals surface area contributed by atoms with Gasteiger partial charge in [-0.2, -0.15) is 0 Å². The van der Waals surface area contributed by atoms with E-state index in [2.05, 4.69) is 255 Å². The van der Waals surface area contributed by atoms with Crippen LogP contribution in [0.1, 0.15) is 233 Å². The summed E-state index contributed by atoms with van der Waals surface area (Å²) >= 11 is 0. The first-order chi connectivity index (χ1) is 33.7. The van der Waals surface area contributed by atoms with E-state index >= 15 is 8.42 Å². The molecule has 0 aromatic heterocycles. The standard InChI is InChI=1S/C72H98O2S/c1-43-35-49(65(5,6)7)59(50(36-43)66(8,9)10)47-31-29-33-57(61(47)63-53(69(17,18)19)39-45(3)40-54(63)70(20,21)22)75(73,74)58-34-30-32-48(60-51(67(11,12)13)37-44(2)38-52(60)68(14,15)16)62(58)64-55(71(23,24)25)41-46(4)42-56(64)72(26,27)28/h29-42H,1-28H3. The Balaban J connectivity index is 2.07. The van der Waals surface area contributed by atoms with Crippen LogP contribution in [0, 0.1) is 27.7 Å². The van der Waals surface area contributed by atoms with Crippen molar-refractivity contribution >= 4 is 9.84 Å². The molecule has 0 N–H and O–H groups in total. The second-order valence-electron chi connectivity index (χ2n) is 30.8. The van der Waals surface area contributed by atoms with Gasteiger partial charge >= 0.3 is 0 Å². The third-order valence-corrected chi connectivity index (χ3v) is 17.1. The second-order valence-corrected chi connectivity index (χ2v) is 32.7. The van der Waals surface area contributed by atoms with Crippen molar-refractivity contribution in [3.63, 3.8) is 0 Å². The Morgan fingerprint density at radius 3 is 0.600 bits per heavy atom. The zero-order valence-electron chi connectivity index (χ0n) is 52.3. The normalized spacial score (nSPS) is 13.7. The topological polar surface area (TPSA) is 34.1 Å². The van der Waals surface area contributed by atoms with Crippen molar-refractivity contribution < 1.29 is 8.42 Å². The van der Waals surface area contributed by atoms with Crippen LogP contribution in [0.3, 0.4) is 0 Å². The molecule has 6 rings (SSSR count). The molecule has 0 saturated carbocycles. The first-order valence-corrected chi connectivity index (χ1v) is 29.3. The fraction of sp³-hybridized carbons (Fsp3) is 0.500. The molecule has 0 radical (unpaired) electrons. The fourth-order valence-electron chi connectivity index (χ4n) is 11.6. The summed E-state index contributed by atoms with van der Waals surface area (Å²) in [5.74, 6) is 0. The lowest BCUT2D eigenvalue weighted by molar-refractivity contribution is 0.568. The maximum absolute atomic E-state index is 17.6. The third kappa shape index (κ3) is 11.8. The largest absolute Gasteiger partial charge is 0.218 e. The molecule has 404 valence electrons. The van der Waals surface area contributed by atoms with Gasteiger partial charge in [-0.3, -0.25) is 0 Å². The highest BCUT2D eigenvalue weighted by Gasteiger charge is 2.40. The lowest BCUT2D eigenvalue weighted by atomic mass is 9.69. The molecule has 6 aromatic rings. The van der Waals surface area contributed by atoms with Gasteiger partial charge in [-0.25, -0.2) is 8.42 Å². The average Bonchev–Trinajstić information content (AvgIpc) is 3.22. The van der Waals surface area contributed by atoms with Gasteiger partial charge in [0.1, 0.15) is 0 Å². The number of aryl methyl sites for hydroxylation is 4. The van der Waals surface area contributed by atoms with Crippen molar-refractivity contribution in [2.24, 2.45) is 0 Å². The maximum Gasteiger partial charge on any atom is 0.207 e. The first-order valence-electron chi connectivity index (χ1n) is 27.8. The van der Waals surface area contributed by atoms with Gasteiger partial charge in [0.15, 0.2) is 0 Å². The van der Waals surface area contributed by atoms with E-state index < -0.39 is 9.84 Å². The molecule has 0 aliphatic rings. The van der Waals surface area contributed by atoms with Gasteiger partial charge in [0.25, 0.3) is 0 Å². The number of sulfone groups is 1. The van der Waals surface area contributed by atoms with Crippen LogP contribution in [0.2, 0.25) is 0 Å². The van der Waals surface area contributed by atoms with Crippen LogP contribution in [0.15, 0.2) is 94.7 Å². The molecule has 0 spiro atoms. The zero-order valence-corrected chi connectivity index (χ0v) is 53.1. The van der Waals surface area contributed by atoms with Gasteiger partial charge < -0.3 is 0 Å². The fourth-order valence-corrected chi connectivity index (χ4v) is 13.3. The van der Waals surface area contributed by atoms with Crippen LogP contribution in [0.25, 0.3) is 44.5 Å². The number of hydrogen-bond donors (Lipinski definition) is 0. The van der Waals surface area contributed by atoms with Crippen molar-refractivity contribution in [2.75, 3.05) is 0 Å². The van der Waals surface area contributed by atoms with Gasteiger partial charge in [0, 0.05) is 11.1 Å². The molecular formula is C72H98O2S. The van der Waals surface area contributed by atoms with E-state index in [1.807, 2.05) is 24.3 Å². The molecule has 6 aromatic carbocycles. The summed E-state index contributed by atoms with van der Waals surface area (Å²) in [6, 6.07) is 31.1. The highest BCUT2D eigenvalue weighted by Crippen LogP contribution is 2.55. The highest BCUT2D eigenvalue weighted by atomic mass is 32.2. The van der Waals surface area contributed by atoms with Crippen molar-refractivity contribution in [1.82, 2.24) is 0 Å². The van der Waals surface area contributed by atoms with Crippen molar-refractivity contribution in [3.8, 4) is 44.5 Å². The maximum atomic E-state index is 17.6. The molecule has 0 unspecified atom stereocenters. The molecule has 0 atom stereocenters. The third-order valence-electron chi connectivity index (χ3n) is 15.3. The van der Waals surface area contributed by atoms with Crippen LogP contribution >= 0.6 is 0 Å². The van der Waals surface area contributed by atoms with Crippen molar-refractivity contribution in [3.05, 3.63) is 152 Å². The van der Waals surface area contributed by atoms with E-state index in [-0.39, 0.29) is 43.3 Å². The Hall–Kier alpha value is -4.73. The van der Waals surface area contributed by atoms with Gasteiger partial charge in [-0.1, -0.05) is 261 Å². The first kappa shape index (κ1) is 59.5. The predicted octanol–water partition coefficient (Wildman–Crippen LogP) is 20.8. The minimum Gasteiger partial charge on any atom is -0.218 e. The smallest absolute Gasteiger partial charge is 0.207 e. The Labute approximate surface area is 458 Å². The Bertz CT molecular complexity index is 2940. The monoisotopic (exact) mass is 1030 g/mol. The summed E-state index contributed by atoms with van der Waals surface area (Å²) in [7, 11) is -4.44. The van der Waals surface area contributed by atoms with E-state index in [4.69, 9.17) is 0 Å². The highest BCUT2D eigenvalue weighted by molar-refractivity contribution is 7.91. The summed E-state index contributed by atoms with van der Waals surface area (Å²) in [5.41, 5.74) is 19.3. The second kappa shape index (κ2) is 19.3. The molecule has 0 aliphatic heterocycles. The summed E-state index contributed by atoms with van der Waals surface area (Å²) in [6.45, 7) is 63.7. The van der Waals surface area contributed by atoms with Gasteiger partial charge in [0.05, 0.1) is 9.79 Å². The van der Waals surface area contributed by atoms with Crippen LogP contribution in [0.5, 0.6) is 0 Å². The zero-order chi connectivity index (χ0) is 57.1. The number of rotatable bonds is 6. The van der Waals surface area contributed by atoms with Crippen molar-refractivity contribution in [1.29, 1.82) is 0 Å². The number of benzene rings is 6.